The lowest BCUT2D eigenvalue weighted by molar-refractivity contribution is 0.0953. The Morgan fingerprint density at radius 3 is 2.89 bits per heavy atom. The highest BCUT2D eigenvalue weighted by molar-refractivity contribution is 5.93. The molecule has 4 nitrogen and oxygen atoms in total. The van der Waals surface area contributed by atoms with Crippen molar-refractivity contribution < 1.29 is 4.79 Å². The van der Waals surface area contributed by atoms with Gasteiger partial charge in [-0.25, -0.2) is 5.84 Å². The van der Waals surface area contributed by atoms with Crippen molar-refractivity contribution in [3.05, 3.63) is 35.4 Å². The van der Waals surface area contributed by atoms with E-state index in [9.17, 15) is 4.79 Å². The summed E-state index contributed by atoms with van der Waals surface area (Å²) in [4.78, 5) is 14.0. The van der Waals surface area contributed by atoms with Crippen LogP contribution in [0.25, 0.3) is 0 Å². The number of nitrogen functional groups attached to an aromatic ring is 1. The number of benzene rings is 1. The molecule has 4 heteroatoms. The summed E-state index contributed by atoms with van der Waals surface area (Å²) in [5, 5.41) is 0. The number of nitrogens with zero attached hydrogens (tertiary/aromatic N) is 1. The van der Waals surface area contributed by atoms with Crippen LogP contribution in [-0.2, 0) is 6.54 Å². The Labute approximate surface area is 108 Å². The average molecular weight is 247 g/mol. The average Bonchev–Trinajstić information content (AvgIpc) is 3.22. The lowest BCUT2D eigenvalue weighted by Crippen LogP contribution is -2.30. The van der Waals surface area contributed by atoms with Crippen molar-refractivity contribution in [2.45, 2.75) is 38.8 Å². The van der Waals surface area contributed by atoms with E-state index in [0.29, 0.717) is 5.56 Å². The quantitative estimate of drug-likeness (QED) is 0.456. The van der Waals surface area contributed by atoms with E-state index in [1.807, 2.05) is 12.1 Å². The molecule has 0 atom stereocenters. The van der Waals surface area contributed by atoms with Crippen molar-refractivity contribution in [3.8, 4) is 0 Å². The van der Waals surface area contributed by atoms with Crippen LogP contribution in [0.4, 0.5) is 0 Å². The third-order valence-corrected chi connectivity index (χ3v) is 3.28. The maximum atomic E-state index is 11.5. The molecular formula is C14H21N3O. The topological polar surface area (TPSA) is 58.4 Å². The van der Waals surface area contributed by atoms with Gasteiger partial charge in [0.1, 0.15) is 0 Å². The molecule has 0 aromatic heterocycles. The van der Waals surface area contributed by atoms with E-state index < -0.39 is 0 Å². The summed E-state index contributed by atoms with van der Waals surface area (Å²) in [6, 6.07) is 8.44. The predicted octanol–water partition coefficient (Wildman–Crippen LogP) is 1.66. The van der Waals surface area contributed by atoms with E-state index in [2.05, 4.69) is 23.3 Å². The smallest absolute Gasteiger partial charge is 0.265 e. The van der Waals surface area contributed by atoms with Crippen molar-refractivity contribution in [1.29, 1.82) is 0 Å². The van der Waals surface area contributed by atoms with Crippen LogP contribution in [-0.4, -0.2) is 23.4 Å². The van der Waals surface area contributed by atoms with Gasteiger partial charge in [0.25, 0.3) is 5.91 Å². The number of carbonyl (C=O) groups is 1. The van der Waals surface area contributed by atoms with E-state index in [0.717, 1.165) is 19.1 Å². The van der Waals surface area contributed by atoms with Crippen LogP contribution in [0.1, 0.15) is 42.1 Å². The number of nitrogens with one attached hydrogen (secondary N) is 1. The van der Waals surface area contributed by atoms with E-state index in [-0.39, 0.29) is 5.91 Å². The molecule has 1 aromatic carbocycles. The summed E-state index contributed by atoms with van der Waals surface area (Å²) in [5.41, 5.74) is 3.97. The molecule has 0 heterocycles. The van der Waals surface area contributed by atoms with Gasteiger partial charge in [-0.2, -0.15) is 0 Å². The number of hydrogen-bond donors (Lipinski definition) is 2. The minimum Gasteiger partial charge on any atom is -0.296 e. The Morgan fingerprint density at radius 1 is 1.50 bits per heavy atom. The zero-order valence-electron chi connectivity index (χ0n) is 10.9. The van der Waals surface area contributed by atoms with Gasteiger partial charge in [0.05, 0.1) is 0 Å². The molecule has 0 saturated heterocycles. The molecule has 0 aliphatic heterocycles. The van der Waals surface area contributed by atoms with Crippen molar-refractivity contribution in [3.63, 3.8) is 0 Å². The second-order valence-corrected chi connectivity index (χ2v) is 4.88. The number of hydrogen-bond acceptors (Lipinski definition) is 3. The second-order valence-electron chi connectivity index (χ2n) is 4.88. The zero-order valence-corrected chi connectivity index (χ0v) is 10.9. The summed E-state index contributed by atoms with van der Waals surface area (Å²) >= 11 is 0. The summed E-state index contributed by atoms with van der Waals surface area (Å²) in [7, 11) is 0. The van der Waals surface area contributed by atoms with Crippen molar-refractivity contribution >= 4 is 5.91 Å². The number of rotatable bonds is 6. The van der Waals surface area contributed by atoms with E-state index in [1.54, 1.807) is 6.07 Å². The van der Waals surface area contributed by atoms with Crippen LogP contribution < -0.4 is 11.3 Å². The first-order chi connectivity index (χ1) is 8.74. The van der Waals surface area contributed by atoms with Crippen molar-refractivity contribution in [1.82, 2.24) is 10.3 Å². The monoisotopic (exact) mass is 247 g/mol. The molecule has 0 bridgehead atoms. The highest BCUT2D eigenvalue weighted by Gasteiger charge is 2.28. The fourth-order valence-electron chi connectivity index (χ4n) is 2.25. The molecule has 1 aromatic rings. The van der Waals surface area contributed by atoms with Crippen LogP contribution in [0.5, 0.6) is 0 Å². The fourth-order valence-corrected chi connectivity index (χ4v) is 2.25. The van der Waals surface area contributed by atoms with E-state index >= 15 is 0 Å². The van der Waals surface area contributed by atoms with Crippen molar-refractivity contribution in [2.24, 2.45) is 5.84 Å². The summed E-state index contributed by atoms with van der Waals surface area (Å²) < 4.78 is 0. The van der Waals surface area contributed by atoms with Crippen LogP contribution >= 0.6 is 0 Å². The first-order valence-corrected chi connectivity index (χ1v) is 6.58. The van der Waals surface area contributed by atoms with Gasteiger partial charge in [0.2, 0.25) is 0 Å². The Hall–Kier alpha value is -1.39. The van der Waals surface area contributed by atoms with Gasteiger partial charge < -0.3 is 0 Å². The maximum Gasteiger partial charge on any atom is 0.265 e. The van der Waals surface area contributed by atoms with E-state index in [1.165, 1.54) is 24.8 Å². The first kappa shape index (κ1) is 13.1. The number of hydrazine groups is 1. The highest BCUT2D eigenvalue weighted by atomic mass is 16.2. The molecule has 98 valence electrons. The molecule has 0 spiro atoms. The fraction of sp³-hybridized carbons (Fsp3) is 0.500. The molecule has 1 fully saturated rings. The Balaban J connectivity index is 2.05. The molecular weight excluding hydrogens is 226 g/mol. The SMILES string of the molecule is CCCN(Cc1cccc(C(=O)NN)c1)C1CC1. The Morgan fingerprint density at radius 2 is 2.28 bits per heavy atom. The molecule has 1 aliphatic carbocycles. The number of nitrogens with two attached hydrogens (primary N) is 1. The Bertz CT molecular complexity index is 415. The highest BCUT2D eigenvalue weighted by Crippen LogP contribution is 2.28. The molecule has 1 saturated carbocycles. The molecule has 2 rings (SSSR count). The minimum atomic E-state index is -0.231. The third-order valence-electron chi connectivity index (χ3n) is 3.28. The summed E-state index contributed by atoms with van der Waals surface area (Å²) in [6.45, 7) is 4.25. The number of carbonyl (C=O) groups excluding carboxylic acids is 1. The van der Waals surface area contributed by atoms with Crippen LogP contribution in [0.3, 0.4) is 0 Å². The van der Waals surface area contributed by atoms with Gasteiger partial charge in [0.15, 0.2) is 0 Å². The lowest BCUT2D eigenvalue weighted by Gasteiger charge is -2.21. The third kappa shape index (κ3) is 3.31. The maximum absolute atomic E-state index is 11.5. The van der Waals surface area contributed by atoms with Gasteiger partial charge in [-0.05, 0) is 43.5 Å². The standard InChI is InChI=1S/C14H21N3O/c1-2-8-17(13-6-7-13)10-11-4-3-5-12(9-11)14(18)16-15/h3-5,9,13H,2,6-8,10,15H2,1H3,(H,16,18). The Kier molecular flexibility index (Phi) is 4.33. The molecule has 1 amide bonds. The van der Waals surface area contributed by atoms with Gasteiger partial charge in [-0.15, -0.1) is 0 Å². The van der Waals surface area contributed by atoms with Gasteiger partial charge >= 0.3 is 0 Å². The number of amides is 1. The predicted molar refractivity (Wildman–Crippen MR) is 71.8 cm³/mol. The van der Waals surface area contributed by atoms with Gasteiger partial charge in [-0.1, -0.05) is 19.1 Å². The minimum absolute atomic E-state index is 0.231. The van der Waals surface area contributed by atoms with E-state index in [4.69, 9.17) is 5.84 Å². The van der Waals surface area contributed by atoms with Crippen LogP contribution in [0, 0.1) is 0 Å². The summed E-state index contributed by atoms with van der Waals surface area (Å²) in [6.07, 6.45) is 3.78. The molecule has 3 N–H and O–H groups in total. The molecule has 18 heavy (non-hydrogen) atoms. The summed E-state index contributed by atoms with van der Waals surface area (Å²) in [5.74, 6) is 4.92. The molecule has 0 radical (unpaired) electrons. The largest absolute Gasteiger partial charge is 0.296 e. The van der Waals surface area contributed by atoms with Crippen LogP contribution in [0.15, 0.2) is 24.3 Å². The zero-order chi connectivity index (χ0) is 13.0. The van der Waals surface area contributed by atoms with Gasteiger partial charge in [-0.3, -0.25) is 15.1 Å². The molecule has 1 aliphatic rings. The normalized spacial score (nSPS) is 14.8. The lowest BCUT2D eigenvalue weighted by atomic mass is 10.1. The van der Waals surface area contributed by atoms with Crippen LogP contribution in [0.2, 0.25) is 0 Å². The molecule has 0 unspecified atom stereocenters. The van der Waals surface area contributed by atoms with Gasteiger partial charge in [0, 0.05) is 18.2 Å². The van der Waals surface area contributed by atoms with Crippen molar-refractivity contribution in [2.75, 3.05) is 6.54 Å². The second kappa shape index (κ2) is 5.98. The first-order valence-electron chi connectivity index (χ1n) is 6.58.